The maximum absolute atomic E-state index is 12.9. The third-order valence-corrected chi connectivity index (χ3v) is 4.83. The SMILES string of the molecule is O=C(c1cc([N+](=O)[O-])ccc1Cl)N1CCN(c2cccc(C(F)(F)F)c2)CC1. The fraction of sp³-hybridized carbons (Fsp3) is 0.278. The van der Waals surface area contributed by atoms with E-state index in [9.17, 15) is 28.1 Å². The number of carbonyl (C=O) groups excluding carboxylic acids is 1. The second-order valence-corrected chi connectivity index (χ2v) is 6.66. The number of benzene rings is 2. The van der Waals surface area contributed by atoms with Crippen LogP contribution in [0.4, 0.5) is 24.5 Å². The summed E-state index contributed by atoms with van der Waals surface area (Å²) in [6, 6.07) is 8.66. The van der Waals surface area contributed by atoms with Crippen molar-refractivity contribution in [2.45, 2.75) is 6.18 Å². The van der Waals surface area contributed by atoms with Gasteiger partial charge in [0.15, 0.2) is 0 Å². The summed E-state index contributed by atoms with van der Waals surface area (Å²) in [7, 11) is 0. The molecule has 1 amide bonds. The van der Waals surface area contributed by atoms with Crippen molar-refractivity contribution < 1.29 is 22.9 Å². The molecule has 2 aromatic rings. The van der Waals surface area contributed by atoms with Gasteiger partial charge in [-0.2, -0.15) is 13.2 Å². The van der Waals surface area contributed by atoms with E-state index in [1.165, 1.54) is 23.1 Å². The van der Waals surface area contributed by atoms with Gasteiger partial charge in [0.05, 0.1) is 21.1 Å². The van der Waals surface area contributed by atoms with E-state index < -0.39 is 22.6 Å². The fourth-order valence-electron chi connectivity index (χ4n) is 3.01. The lowest BCUT2D eigenvalue weighted by Gasteiger charge is -2.36. The van der Waals surface area contributed by atoms with Crippen LogP contribution in [0.1, 0.15) is 15.9 Å². The number of hydrogen-bond acceptors (Lipinski definition) is 4. The van der Waals surface area contributed by atoms with Crippen molar-refractivity contribution in [1.82, 2.24) is 4.90 Å². The van der Waals surface area contributed by atoms with Crippen molar-refractivity contribution in [2.75, 3.05) is 31.1 Å². The first-order valence-corrected chi connectivity index (χ1v) is 8.70. The number of amides is 1. The molecule has 0 saturated carbocycles. The molecule has 0 atom stereocenters. The zero-order valence-corrected chi connectivity index (χ0v) is 15.2. The van der Waals surface area contributed by atoms with Crippen molar-refractivity contribution in [3.63, 3.8) is 0 Å². The summed E-state index contributed by atoms with van der Waals surface area (Å²) < 4.78 is 38.7. The van der Waals surface area contributed by atoms with Gasteiger partial charge >= 0.3 is 6.18 Å². The molecule has 148 valence electrons. The minimum Gasteiger partial charge on any atom is -0.368 e. The Balaban J connectivity index is 1.71. The molecule has 1 fully saturated rings. The number of alkyl halides is 3. The summed E-state index contributed by atoms with van der Waals surface area (Å²) in [6.07, 6.45) is -4.42. The number of carbonyl (C=O) groups is 1. The number of rotatable bonds is 3. The highest BCUT2D eigenvalue weighted by Gasteiger charge is 2.31. The van der Waals surface area contributed by atoms with Gasteiger partial charge in [-0.1, -0.05) is 17.7 Å². The summed E-state index contributed by atoms with van der Waals surface area (Å²) in [5.41, 5.74) is -0.513. The zero-order valence-electron chi connectivity index (χ0n) is 14.4. The van der Waals surface area contributed by atoms with Crippen LogP contribution < -0.4 is 4.90 Å². The van der Waals surface area contributed by atoms with Crippen LogP contribution in [0, 0.1) is 10.1 Å². The predicted molar refractivity (Wildman–Crippen MR) is 97.7 cm³/mol. The van der Waals surface area contributed by atoms with Gasteiger partial charge in [-0.05, 0) is 24.3 Å². The normalized spacial score (nSPS) is 14.9. The molecular weight excluding hydrogens is 399 g/mol. The third kappa shape index (κ3) is 4.19. The van der Waals surface area contributed by atoms with Crippen LogP contribution >= 0.6 is 11.6 Å². The van der Waals surface area contributed by atoms with Crippen LogP contribution in [0.2, 0.25) is 5.02 Å². The Labute approximate surface area is 163 Å². The Morgan fingerprint density at radius 2 is 1.75 bits per heavy atom. The van der Waals surface area contributed by atoms with Gasteiger partial charge in [0.1, 0.15) is 0 Å². The highest BCUT2D eigenvalue weighted by Crippen LogP contribution is 2.32. The molecule has 1 aliphatic heterocycles. The largest absolute Gasteiger partial charge is 0.416 e. The number of nitro benzene ring substituents is 1. The maximum atomic E-state index is 12.9. The number of nitro groups is 1. The van der Waals surface area contributed by atoms with Gasteiger partial charge in [0.2, 0.25) is 0 Å². The molecule has 10 heteroatoms. The minimum atomic E-state index is -4.42. The highest BCUT2D eigenvalue weighted by molar-refractivity contribution is 6.33. The lowest BCUT2D eigenvalue weighted by molar-refractivity contribution is -0.384. The number of hydrogen-bond donors (Lipinski definition) is 0. The quantitative estimate of drug-likeness (QED) is 0.558. The van der Waals surface area contributed by atoms with Gasteiger partial charge in [-0.25, -0.2) is 0 Å². The van der Waals surface area contributed by atoms with Crippen molar-refractivity contribution in [3.8, 4) is 0 Å². The van der Waals surface area contributed by atoms with E-state index in [1.54, 1.807) is 11.0 Å². The predicted octanol–water partition coefficient (Wildman–Crippen LogP) is 4.23. The van der Waals surface area contributed by atoms with Gasteiger partial charge in [-0.15, -0.1) is 0 Å². The van der Waals surface area contributed by atoms with E-state index in [2.05, 4.69) is 0 Å². The molecular formula is C18H15ClF3N3O3. The van der Waals surface area contributed by atoms with E-state index in [0.717, 1.165) is 18.2 Å². The molecule has 0 spiro atoms. The summed E-state index contributed by atoms with van der Waals surface area (Å²) in [5, 5.41) is 11.0. The third-order valence-electron chi connectivity index (χ3n) is 4.50. The van der Waals surface area contributed by atoms with E-state index in [-0.39, 0.29) is 29.4 Å². The Hall–Kier alpha value is -2.81. The first kappa shape index (κ1) is 19.9. The lowest BCUT2D eigenvalue weighted by atomic mass is 10.1. The number of halogens is 4. The second kappa shape index (κ2) is 7.67. The van der Waals surface area contributed by atoms with Crippen molar-refractivity contribution in [3.05, 3.63) is 68.7 Å². The van der Waals surface area contributed by atoms with E-state index >= 15 is 0 Å². The molecule has 0 aromatic heterocycles. The van der Waals surface area contributed by atoms with Crippen LogP contribution in [0.15, 0.2) is 42.5 Å². The molecule has 1 heterocycles. The molecule has 6 nitrogen and oxygen atoms in total. The Morgan fingerprint density at radius 3 is 2.36 bits per heavy atom. The number of piperazine rings is 1. The topological polar surface area (TPSA) is 66.7 Å². The number of anilines is 1. The zero-order chi connectivity index (χ0) is 20.5. The molecule has 0 aliphatic carbocycles. The van der Waals surface area contributed by atoms with E-state index in [4.69, 9.17) is 11.6 Å². The standard InChI is InChI=1S/C18H15ClF3N3O3/c19-16-5-4-14(25(27)28)11-15(16)17(26)24-8-6-23(7-9-24)13-3-1-2-12(10-13)18(20,21)22/h1-5,10-11H,6-9H2. The molecule has 0 radical (unpaired) electrons. The summed E-state index contributed by atoms with van der Waals surface area (Å²) in [6.45, 7) is 1.18. The molecule has 0 N–H and O–H groups in total. The molecule has 1 saturated heterocycles. The molecule has 3 rings (SSSR count). The van der Waals surface area contributed by atoms with Crippen LogP contribution in [-0.2, 0) is 6.18 Å². The van der Waals surface area contributed by atoms with E-state index in [1.807, 2.05) is 0 Å². The Morgan fingerprint density at radius 1 is 1.07 bits per heavy atom. The van der Waals surface area contributed by atoms with Crippen LogP contribution in [-0.4, -0.2) is 41.9 Å². The number of non-ortho nitro benzene ring substituents is 1. The molecule has 1 aliphatic rings. The van der Waals surface area contributed by atoms with Gasteiger partial charge in [0, 0.05) is 44.0 Å². The van der Waals surface area contributed by atoms with Crippen LogP contribution in [0.3, 0.4) is 0 Å². The smallest absolute Gasteiger partial charge is 0.368 e. The Kier molecular flexibility index (Phi) is 5.46. The molecule has 28 heavy (non-hydrogen) atoms. The van der Waals surface area contributed by atoms with Gasteiger partial charge in [0.25, 0.3) is 11.6 Å². The first-order valence-electron chi connectivity index (χ1n) is 8.32. The van der Waals surface area contributed by atoms with Gasteiger partial charge in [-0.3, -0.25) is 14.9 Å². The summed E-state index contributed by atoms with van der Waals surface area (Å²) in [4.78, 5) is 26.2. The molecule has 0 bridgehead atoms. The highest BCUT2D eigenvalue weighted by atomic mass is 35.5. The Bertz CT molecular complexity index is 912. The molecule has 0 unspecified atom stereocenters. The monoisotopic (exact) mass is 413 g/mol. The fourth-order valence-corrected chi connectivity index (χ4v) is 3.21. The van der Waals surface area contributed by atoms with Crippen LogP contribution in [0.5, 0.6) is 0 Å². The lowest BCUT2D eigenvalue weighted by Crippen LogP contribution is -2.48. The summed E-state index contributed by atoms with van der Waals surface area (Å²) in [5.74, 6) is -0.447. The van der Waals surface area contributed by atoms with Crippen molar-refractivity contribution in [1.29, 1.82) is 0 Å². The van der Waals surface area contributed by atoms with Crippen LogP contribution in [0.25, 0.3) is 0 Å². The van der Waals surface area contributed by atoms with Crippen molar-refractivity contribution in [2.24, 2.45) is 0 Å². The summed E-state index contributed by atoms with van der Waals surface area (Å²) >= 11 is 6.01. The van der Waals surface area contributed by atoms with E-state index in [0.29, 0.717) is 18.8 Å². The van der Waals surface area contributed by atoms with Crippen molar-refractivity contribution >= 4 is 28.9 Å². The second-order valence-electron chi connectivity index (χ2n) is 6.25. The van der Waals surface area contributed by atoms with Gasteiger partial charge < -0.3 is 9.80 Å². The average molecular weight is 414 g/mol. The maximum Gasteiger partial charge on any atom is 0.416 e. The average Bonchev–Trinajstić information content (AvgIpc) is 2.67. The number of nitrogens with zero attached hydrogens (tertiary/aromatic N) is 3. The minimum absolute atomic E-state index is 0.0309. The molecule has 2 aromatic carbocycles. The first-order chi connectivity index (χ1) is 13.2.